The molecule has 26 heavy (non-hydrogen) atoms. The summed E-state index contributed by atoms with van der Waals surface area (Å²) in [7, 11) is -5.68. The fourth-order valence-electron chi connectivity index (χ4n) is 3.20. The number of unbranched alkanes of at least 4 members (excludes halogenated alkanes) is 1. The van der Waals surface area contributed by atoms with Crippen LogP contribution in [-0.4, -0.2) is 57.3 Å². The Balaban J connectivity index is 5.80. The maximum Gasteiger partial charge on any atom is 0.504 e. The largest absolute Gasteiger partial charge is 0.504 e. The molecule has 0 bridgehead atoms. The number of hydrogen-bond donors (Lipinski definition) is 0. The Morgan fingerprint density at radius 3 is 1.27 bits per heavy atom. The van der Waals surface area contributed by atoms with Crippen LogP contribution in [0.15, 0.2) is 0 Å². The molecule has 0 fully saturated rings. The number of rotatable bonds is 18. The summed E-state index contributed by atoms with van der Waals surface area (Å²) in [5, 5.41) is 0. The van der Waals surface area contributed by atoms with E-state index in [1.165, 1.54) is 0 Å². The van der Waals surface area contributed by atoms with Gasteiger partial charge in [-0.15, -0.1) is 0 Å². The van der Waals surface area contributed by atoms with Gasteiger partial charge in [0.2, 0.25) is 0 Å². The van der Waals surface area contributed by atoms with Crippen LogP contribution in [0.25, 0.3) is 0 Å². The van der Waals surface area contributed by atoms with Crippen molar-refractivity contribution in [3.8, 4) is 0 Å². The molecule has 0 N–H and O–H groups in total. The molecule has 0 radical (unpaired) electrons. The van der Waals surface area contributed by atoms with E-state index in [0.29, 0.717) is 45.7 Å². The second-order valence-electron chi connectivity index (χ2n) is 5.93. The summed E-state index contributed by atoms with van der Waals surface area (Å²) < 4.78 is 36.9. The third kappa shape index (κ3) is 8.47. The van der Waals surface area contributed by atoms with Crippen LogP contribution in [0.2, 0.25) is 11.6 Å². The molecule has 0 aromatic rings. The van der Waals surface area contributed by atoms with E-state index in [9.17, 15) is 0 Å². The van der Waals surface area contributed by atoms with Gasteiger partial charge in [-0.25, -0.2) is 0 Å². The van der Waals surface area contributed by atoms with E-state index in [2.05, 4.69) is 6.92 Å². The van der Waals surface area contributed by atoms with E-state index in [4.69, 9.17) is 26.6 Å². The summed E-state index contributed by atoms with van der Waals surface area (Å²) in [6, 6.07) is 0.675. The summed E-state index contributed by atoms with van der Waals surface area (Å²) in [5.41, 5.74) is 0.110. The molecule has 0 spiro atoms. The zero-order valence-corrected chi connectivity index (χ0v) is 20.1. The van der Waals surface area contributed by atoms with E-state index in [1.54, 1.807) is 0 Å². The first-order valence-electron chi connectivity index (χ1n) is 10.4. The summed E-state index contributed by atoms with van der Waals surface area (Å²) in [6.07, 6.45) is 3.16. The van der Waals surface area contributed by atoms with Crippen molar-refractivity contribution in [2.24, 2.45) is 0 Å². The van der Waals surface area contributed by atoms with Crippen molar-refractivity contribution in [3.05, 3.63) is 0 Å². The molecule has 0 aliphatic rings. The Morgan fingerprint density at radius 1 is 0.577 bits per heavy atom. The SMILES string of the molecule is CCCCC(C[Si](OCC)(OCC)OCC)[Si](OCC)(OCC)OCC. The van der Waals surface area contributed by atoms with Crippen LogP contribution in [0.4, 0.5) is 0 Å². The summed E-state index contributed by atoms with van der Waals surface area (Å²) in [5.74, 6) is 0. The minimum absolute atomic E-state index is 0.110. The molecule has 1 atom stereocenters. The van der Waals surface area contributed by atoms with Crippen molar-refractivity contribution in [3.63, 3.8) is 0 Å². The minimum Gasteiger partial charge on any atom is -0.374 e. The van der Waals surface area contributed by atoms with Gasteiger partial charge in [0.1, 0.15) is 0 Å². The van der Waals surface area contributed by atoms with Crippen molar-refractivity contribution >= 4 is 17.6 Å². The third-order valence-electron chi connectivity index (χ3n) is 4.03. The first-order valence-corrected chi connectivity index (χ1v) is 14.1. The molecular formula is C18H42O6Si2. The molecule has 0 saturated heterocycles. The van der Waals surface area contributed by atoms with Gasteiger partial charge in [0, 0.05) is 51.2 Å². The summed E-state index contributed by atoms with van der Waals surface area (Å²) >= 11 is 0. The monoisotopic (exact) mass is 410 g/mol. The highest BCUT2D eigenvalue weighted by molar-refractivity contribution is 6.68. The Bertz CT molecular complexity index is 299. The van der Waals surface area contributed by atoms with Gasteiger partial charge in [0.05, 0.1) is 0 Å². The lowest BCUT2D eigenvalue weighted by Crippen LogP contribution is -2.55. The highest BCUT2D eigenvalue weighted by Crippen LogP contribution is 2.39. The first kappa shape index (κ1) is 26.2. The van der Waals surface area contributed by atoms with E-state index in [0.717, 1.165) is 19.3 Å². The van der Waals surface area contributed by atoms with Gasteiger partial charge >= 0.3 is 17.6 Å². The van der Waals surface area contributed by atoms with E-state index in [1.807, 2.05) is 41.5 Å². The predicted molar refractivity (Wildman–Crippen MR) is 109 cm³/mol. The van der Waals surface area contributed by atoms with Gasteiger partial charge < -0.3 is 26.6 Å². The van der Waals surface area contributed by atoms with Crippen molar-refractivity contribution < 1.29 is 26.6 Å². The summed E-state index contributed by atoms with van der Waals surface area (Å²) in [6.45, 7) is 17.6. The fourth-order valence-corrected chi connectivity index (χ4v) is 10.4. The van der Waals surface area contributed by atoms with Crippen LogP contribution >= 0.6 is 0 Å². The molecule has 1 unspecified atom stereocenters. The average molecular weight is 411 g/mol. The Hall–Kier alpha value is 0.194. The molecule has 6 nitrogen and oxygen atoms in total. The van der Waals surface area contributed by atoms with Crippen LogP contribution < -0.4 is 0 Å². The van der Waals surface area contributed by atoms with Crippen LogP contribution in [0, 0.1) is 0 Å². The van der Waals surface area contributed by atoms with E-state index in [-0.39, 0.29) is 5.54 Å². The average Bonchev–Trinajstić information content (AvgIpc) is 2.60. The standard InChI is InChI=1S/C18H42O6Si2/c1-8-15-16-18(26(22-12-5,23-13-6)24-14-7)17-25(19-9-2,20-10-3)21-11-4/h18H,8-17H2,1-7H3. The van der Waals surface area contributed by atoms with Gasteiger partial charge in [0.15, 0.2) is 0 Å². The molecule has 0 rings (SSSR count). The van der Waals surface area contributed by atoms with E-state index < -0.39 is 17.6 Å². The molecule has 0 saturated carbocycles. The highest BCUT2D eigenvalue weighted by atomic mass is 28.4. The molecule has 0 aliphatic heterocycles. The molecule has 8 heteroatoms. The van der Waals surface area contributed by atoms with Crippen LogP contribution in [0.5, 0.6) is 0 Å². The second kappa shape index (κ2) is 15.2. The maximum atomic E-state index is 6.20. The Morgan fingerprint density at radius 2 is 0.962 bits per heavy atom. The van der Waals surface area contributed by atoms with Crippen molar-refractivity contribution in [2.45, 2.75) is 79.3 Å². The molecule has 0 aliphatic carbocycles. The second-order valence-corrected chi connectivity index (χ2v) is 11.5. The normalized spacial score (nSPS) is 14.0. The van der Waals surface area contributed by atoms with Crippen LogP contribution in [0.3, 0.4) is 0 Å². The number of hydrogen-bond acceptors (Lipinski definition) is 6. The lowest BCUT2D eigenvalue weighted by Gasteiger charge is -2.39. The first-order chi connectivity index (χ1) is 12.5. The summed E-state index contributed by atoms with van der Waals surface area (Å²) in [4.78, 5) is 0. The van der Waals surface area contributed by atoms with Gasteiger partial charge in [0.25, 0.3) is 0 Å². The third-order valence-corrected chi connectivity index (χ3v) is 11.2. The Kier molecular flexibility index (Phi) is 15.3. The molecule has 0 aromatic heterocycles. The van der Waals surface area contributed by atoms with Gasteiger partial charge in [-0.1, -0.05) is 19.8 Å². The van der Waals surface area contributed by atoms with E-state index >= 15 is 0 Å². The Labute approximate surface area is 163 Å². The highest BCUT2D eigenvalue weighted by Gasteiger charge is 2.55. The molecule has 0 amide bonds. The van der Waals surface area contributed by atoms with Crippen molar-refractivity contribution in [1.29, 1.82) is 0 Å². The zero-order chi connectivity index (χ0) is 19.9. The fraction of sp³-hybridized carbons (Fsp3) is 1.00. The zero-order valence-electron chi connectivity index (χ0n) is 18.1. The lowest BCUT2D eigenvalue weighted by molar-refractivity contribution is 0.0474. The molecule has 158 valence electrons. The molecule has 0 heterocycles. The van der Waals surface area contributed by atoms with Crippen LogP contribution in [-0.2, 0) is 26.6 Å². The topological polar surface area (TPSA) is 55.4 Å². The van der Waals surface area contributed by atoms with Gasteiger partial charge in [-0.05, 0) is 48.0 Å². The minimum atomic E-state index is -2.86. The maximum absolute atomic E-state index is 6.20. The molecular weight excluding hydrogens is 368 g/mol. The predicted octanol–water partition coefficient (Wildman–Crippen LogP) is 4.64. The van der Waals surface area contributed by atoms with Gasteiger partial charge in [-0.2, -0.15) is 0 Å². The van der Waals surface area contributed by atoms with Crippen molar-refractivity contribution in [2.75, 3.05) is 39.6 Å². The van der Waals surface area contributed by atoms with Crippen LogP contribution in [0.1, 0.15) is 67.7 Å². The molecule has 0 aromatic carbocycles. The van der Waals surface area contributed by atoms with Gasteiger partial charge in [-0.3, -0.25) is 0 Å². The quantitative estimate of drug-likeness (QED) is 0.307. The smallest absolute Gasteiger partial charge is 0.374 e. The lowest BCUT2D eigenvalue weighted by atomic mass is 10.2. The van der Waals surface area contributed by atoms with Crippen molar-refractivity contribution in [1.82, 2.24) is 0 Å².